The molecule has 0 bridgehead atoms. The van der Waals surface area contributed by atoms with Crippen LogP contribution >= 0.6 is 0 Å². The van der Waals surface area contributed by atoms with E-state index in [1.165, 1.54) is 6.92 Å². The lowest BCUT2D eigenvalue weighted by Crippen LogP contribution is -2.21. The van der Waals surface area contributed by atoms with Crippen molar-refractivity contribution in [3.8, 4) is 0 Å². The van der Waals surface area contributed by atoms with Gasteiger partial charge in [0.05, 0.1) is 11.2 Å². The molecule has 2 aromatic rings. The number of hydrogen-bond donors (Lipinski definition) is 2. The predicted molar refractivity (Wildman–Crippen MR) is 171 cm³/mol. The number of anilines is 1. The summed E-state index contributed by atoms with van der Waals surface area (Å²) in [6.07, 6.45) is 15.3. The highest BCUT2D eigenvalue weighted by molar-refractivity contribution is 6.08. The fourth-order valence-corrected chi connectivity index (χ4v) is 4.25. The van der Waals surface area contributed by atoms with Crippen molar-refractivity contribution in [2.24, 2.45) is 16.6 Å². The van der Waals surface area contributed by atoms with Gasteiger partial charge in [0.1, 0.15) is 18.1 Å². The Labute approximate surface area is 249 Å². The van der Waals surface area contributed by atoms with Gasteiger partial charge in [-0.05, 0) is 50.8 Å². The Bertz CT molecular complexity index is 1320. The van der Waals surface area contributed by atoms with E-state index in [-0.39, 0.29) is 11.6 Å². The van der Waals surface area contributed by atoms with Gasteiger partial charge in [0.2, 0.25) is 0 Å². The van der Waals surface area contributed by atoms with Gasteiger partial charge in [-0.1, -0.05) is 64.2 Å². The fourth-order valence-electron chi connectivity index (χ4n) is 4.25. The van der Waals surface area contributed by atoms with Crippen molar-refractivity contribution in [1.82, 2.24) is 9.78 Å². The van der Waals surface area contributed by atoms with Crippen molar-refractivity contribution in [3.05, 3.63) is 84.5 Å². The number of Topliss-reactive ketones (excluding diaryl/α,β-unsaturated/α-hetero) is 1. The molecule has 0 aliphatic heterocycles. The maximum atomic E-state index is 13.0. The second kappa shape index (κ2) is 17.7. The summed E-state index contributed by atoms with van der Waals surface area (Å²) in [6.45, 7) is 17.8. The van der Waals surface area contributed by atoms with Gasteiger partial charge < -0.3 is 16.2 Å². The van der Waals surface area contributed by atoms with Gasteiger partial charge in [-0.3, -0.25) is 14.5 Å². The number of amidine groups is 1. The first-order valence-corrected chi connectivity index (χ1v) is 14.2. The topological polar surface area (TPSA) is 109 Å². The second-order valence-corrected chi connectivity index (χ2v) is 10.1. The number of hydrogen-bond acceptors (Lipinski definition) is 5. The number of aliphatic imine (C=N–C) groups is 1. The molecule has 0 radical (unpaired) electrons. The van der Waals surface area contributed by atoms with Crippen LogP contribution in [0.15, 0.2) is 84.0 Å². The summed E-state index contributed by atoms with van der Waals surface area (Å²) in [6, 6.07) is 3.50. The SMILES string of the molecule is C=C/C=C\C(=C/C)C(=C)O/C(=C\C)C(C)=O.CCCC(CCC)Cn1cc2c(N)c(C(N)=NCC(C)(F)F)ccc2n1. The van der Waals surface area contributed by atoms with Crippen molar-refractivity contribution >= 4 is 28.2 Å². The first-order valence-electron chi connectivity index (χ1n) is 14.2. The molecule has 9 heteroatoms. The molecule has 0 fully saturated rings. The number of aromatic nitrogens is 2. The van der Waals surface area contributed by atoms with Crippen molar-refractivity contribution in [3.63, 3.8) is 0 Å². The molecule has 1 aromatic heterocycles. The highest BCUT2D eigenvalue weighted by atomic mass is 19.3. The van der Waals surface area contributed by atoms with E-state index in [4.69, 9.17) is 16.2 Å². The molecule has 2 rings (SSSR count). The Morgan fingerprint density at radius 2 is 1.86 bits per heavy atom. The molecule has 7 nitrogen and oxygen atoms in total. The van der Waals surface area contributed by atoms with Crippen LogP contribution in [0, 0.1) is 5.92 Å². The normalized spacial score (nSPS) is 12.9. The van der Waals surface area contributed by atoms with E-state index in [2.05, 4.69) is 37.1 Å². The molecular weight excluding hydrogens is 536 g/mol. The number of ketones is 1. The Balaban J connectivity index is 0.000000476. The van der Waals surface area contributed by atoms with Crippen LogP contribution in [0.25, 0.3) is 10.9 Å². The molecular formula is C33H47F2N5O2. The Morgan fingerprint density at radius 3 is 2.36 bits per heavy atom. The van der Waals surface area contributed by atoms with Crippen LogP contribution in [-0.4, -0.2) is 33.9 Å². The van der Waals surface area contributed by atoms with Crippen molar-refractivity contribution in [2.75, 3.05) is 12.3 Å². The Morgan fingerprint density at radius 1 is 1.21 bits per heavy atom. The maximum absolute atomic E-state index is 13.0. The third-order valence-electron chi connectivity index (χ3n) is 6.31. The number of allylic oxidation sites excluding steroid dienone is 6. The zero-order valence-corrected chi connectivity index (χ0v) is 25.9. The molecule has 230 valence electrons. The summed E-state index contributed by atoms with van der Waals surface area (Å²) >= 11 is 0. The summed E-state index contributed by atoms with van der Waals surface area (Å²) in [5.41, 5.74) is 14.6. The number of alkyl halides is 2. The molecule has 0 aliphatic carbocycles. The summed E-state index contributed by atoms with van der Waals surface area (Å²) in [4.78, 5) is 14.9. The Hall–Kier alpha value is -4.01. The zero-order valence-electron chi connectivity index (χ0n) is 25.9. The molecule has 1 aromatic carbocycles. The van der Waals surface area contributed by atoms with Crippen LogP contribution in [0.2, 0.25) is 0 Å². The monoisotopic (exact) mass is 583 g/mol. The number of fused-ring (bicyclic) bond motifs is 1. The average Bonchev–Trinajstić information content (AvgIpc) is 3.34. The fraction of sp³-hybridized carbons (Fsp3) is 0.424. The quantitative estimate of drug-likeness (QED) is 0.0553. The standard InChI is InChI=1S/C19H29F2N5.C14H18O2/c1-4-6-13(7-5-2)10-26-11-15-16(25-26)9-8-14(17(15)22)18(23)24-12-19(3,20)21;1-6-9-10-13(7-2)12(5)16-14(8-3)11(4)15/h8-9,11,13H,4-7,10,12,22H2,1-3H3,(H2,23,24);6-10H,1,5H2,2-4H3/b;10-9-,13-7+,14-8-. The van der Waals surface area contributed by atoms with Crippen molar-refractivity contribution < 1.29 is 18.3 Å². The lowest BCUT2D eigenvalue weighted by atomic mass is 9.98. The molecule has 0 saturated carbocycles. The minimum absolute atomic E-state index is 0.0218. The van der Waals surface area contributed by atoms with Gasteiger partial charge in [0.15, 0.2) is 11.5 Å². The van der Waals surface area contributed by atoms with Crippen LogP contribution in [0.5, 0.6) is 0 Å². The molecule has 1 heterocycles. The number of rotatable bonds is 15. The van der Waals surface area contributed by atoms with Crippen LogP contribution in [0.4, 0.5) is 14.5 Å². The van der Waals surface area contributed by atoms with Gasteiger partial charge in [-0.25, -0.2) is 8.78 Å². The van der Waals surface area contributed by atoms with E-state index in [0.717, 1.165) is 55.6 Å². The molecule has 0 saturated heterocycles. The second-order valence-electron chi connectivity index (χ2n) is 10.1. The molecule has 0 unspecified atom stereocenters. The lowest BCUT2D eigenvalue weighted by molar-refractivity contribution is -0.116. The first-order chi connectivity index (χ1) is 19.8. The average molecular weight is 584 g/mol. The molecule has 0 aliphatic rings. The van der Waals surface area contributed by atoms with Gasteiger partial charge in [-0.2, -0.15) is 5.10 Å². The van der Waals surface area contributed by atoms with Gasteiger partial charge in [-0.15, -0.1) is 0 Å². The lowest BCUT2D eigenvalue weighted by Gasteiger charge is -2.14. The zero-order chi connectivity index (χ0) is 31.9. The molecule has 4 N–H and O–H groups in total. The number of halogens is 2. The summed E-state index contributed by atoms with van der Waals surface area (Å²) < 4.78 is 33.3. The molecule has 0 amide bonds. The minimum Gasteiger partial charge on any atom is -0.454 e. The number of benzene rings is 1. The number of nitrogens with two attached hydrogens (primary N) is 2. The number of nitrogen functional groups attached to an aromatic ring is 1. The largest absolute Gasteiger partial charge is 0.454 e. The summed E-state index contributed by atoms with van der Waals surface area (Å²) in [5.74, 6) is -1.67. The van der Waals surface area contributed by atoms with E-state index in [1.807, 2.05) is 30.0 Å². The van der Waals surface area contributed by atoms with E-state index in [1.54, 1.807) is 37.3 Å². The third kappa shape index (κ3) is 11.8. The van der Waals surface area contributed by atoms with E-state index >= 15 is 0 Å². The number of ether oxygens (including phenoxy) is 1. The summed E-state index contributed by atoms with van der Waals surface area (Å²) in [7, 11) is 0. The van der Waals surface area contributed by atoms with Gasteiger partial charge in [0.25, 0.3) is 5.92 Å². The number of nitrogens with zero attached hydrogens (tertiary/aromatic N) is 3. The highest BCUT2D eigenvalue weighted by Gasteiger charge is 2.21. The predicted octanol–water partition coefficient (Wildman–Crippen LogP) is 7.89. The highest BCUT2D eigenvalue weighted by Crippen LogP contribution is 2.26. The molecule has 0 spiro atoms. The van der Waals surface area contributed by atoms with Crippen LogP contribution in [0.1, 0.15) is 72.8 Å². The molecule has 0 atom stereocenters. The smallest absolute Gasteiger partial charge is 0.264 e. The van der Waals surface area contributed by atoms with Crippen molar-refractivity contribution in [1.29, 1.82) is 0 Å². The van der Waals surface area contributed by atoms with Gasteiger partial charge in [0, 0.05) is 43.1 Å². The summed E-state index contributed by atoms with van der Waals surface area (Å²) in [5, 5.41) is 5.37. The first kappa shape index (κ1) is 36.0. The van der Waals surface area contributed by atoms with Crippen LogP contribution < -0.4 is 11.5 Å². The van der Waals surface area contributed by atoms with E-state index in [0.29, 0.717) is 28.7 Å². The van der Waals surface area contributed by atoms with E-state index < -0.39 is 12.5 Å². The van der Waals surface area contributed by atoms with Crippen molar-refractivity contribution in [2.45, 2.75) is 79.7 Å². The molecule has 42 heavy (non-hydrogen) atoms. The Kier molecular flexibility index (Phi) is 15.2. The number of carbonyl (C=O) groups is 1. The minimum atomic E-state index is -2.90. The maximum Gasteiger partial charge on any atom is 0.264 e. The van der Waals surface area contributed by atoms with Crippen LogP contribution in [-0.2, 0) is 16.1 Å². The third-order valence-corrected chi connectivity index (χ3v) is 6.31. The van der Waals surface area contributed by atoms with E-state index in [9.17, 15) is 13.6 Å². The van der Waals surface area contributed by atoms with Gasteiger partial charge >= 0.3 is 0 Å². The van der Waals surface area contributed by atoms with Crippen LogP contribution in [0.3, 0.4) is 0 Å². The number of carbonyl (C=O) groups excluding carboxylic acids is 1.